The summed E-state index contributed by atoms with van der Waals surface area (Å²) in [5, 5.41) is 4.96. The molecule has 0 bridgehead atoms. The summed E-state index contributed by atoms with van der Waals surface area (Å²) in [5.74, 6) is -2.97. The smallest absolute Gasteiger partial charge is 0.254 e. The van der Waals surface area contributed by atoms with Gasteiger partial charge in [0.05, 0.1) is 11.3 Å². The molecule has 0 radical (unpaired) electrons. The predicted molar refractivity (Wildman–Crippen MR) is 109 cm³/mol. The first-order valence-electron chi connectivity index (χ1n) is 9.36. The van der Waals surface area contributed by atoms with Crippen molar-refractivity contribution in [2.45, 2.75) is 12.5 Å². The second kappa shape index (κ2) is 10.3. The largest absolute Gasteiger partial charge is 0.461 e. The highest BCUT2D eigenvalue weighted by atomic mass is 19.1. The standard InChI is InChI=1S/C23H19F3N2O3/c24-14-31-21-11-10-16(25)13-19(21)27-23(30)20(12-15-6-2-1-3-7-15)28-22(29)17-8-4-5-9-18(17)26/h1-11,13,20H,12,14H2,(H,27,30)(H,28,29). The summed E-state index contributed by atoms with van der Waals surface area (Å²) in [6.07, 6.45) is 0.0848. The zero-order valence-corrected chi connectivity index (χ0v) is 16.3. The van der Waals surface area contributed by atoms with Crippen molar-refractivity contribution < 1.29 is 27.5 Å². The molecule has 0 saturated heterocycles. The molecule has 1 unspecified atom stereocenters. The maximum absolute atomic E-state index is 14.0. The van der Waals surface area contributed by atoms with Gasteiger partial charge in [-0.15, -0.1) is 0 Å². The number of halogens is 3. The number of anilines is 1. The number of rotatable bonds is 8. The Labute approximate surface area is 176 Å². The van der Waals surface area contributed by atoms with E-state index in [4.69, 9.17) is 4.74 Å². The van der Waals surface area contributed by atoms with Crippen LogP contribution in [0.1, 0.15) is 15.9 Å². The molecule has 3 aromatic rings. The fraction of sp³-hybridized carbons (Fsp3) is 0.130. The van der Waals surface area contributed by atoms with E-state index in [0.717, 1.165) is 23.8 Å². The molecule has 0 heterocycles. The summed E-state index contributed by atoms with van der Waals surface area (Å²) in [4.78, 5) is 25.5. The van der Waals surface area contributed by atoms with Crippen LogP contribution in [0.4, 0.5) is 18.9 Å². The van der Waals surface area contributed by atoms with Crippen molar-refractivity contribution in [3.8, 4) is 5.75 Å². The Morgan fingerprint density at radius 1 is 0.935 bits per heavy atom. The fourth-order valence-electron chi connectivity index (χ4n) is 2.94. The van der Waals surface area contributed by atoms with Gasteiger partial charge >= 0.3 is 0 Å². The zero-order valence-electron chi connectivity index (χ0n) is 16.3. The van der Waals surface area contributed by atoms with Crippen molar-refractivity contribution in [1.29, 1.82) is 0 Å². The highest BCUT2D eigenvalue weighted by Gasteiger charge is 2.24. The third-order valence-electron chi connectivity index (χ3n) is 4.43. The summed E-state index contributed by atoms with van der Waals surface area (Å²) in [6, 6.07) is 16.3. The van der Waals surface area contributed by atoms with Crippen LogP contribution in [0, 0.1) is 11.6 Å². The van der Waals surface area contributed by atoms with E-state index in [0.29, 0.717) is 0 Å². The number of carbonyl (C=O) groups excluding carboxylic acids is 2. The molecule has 0 aromatic heterocycles. The van der Waals surface area contributed by atoms with Gasteiger partial charge in [0.1, 0.15) is 23.4 Å². The number of hydrogen-bond acceptors (Lipinski definition) is 3. The Bertz CT molecular complexity index is 1060. The maximum Gasteiger partial charge on any atom is 0.254 e. The Morgan fingerprint density at radius 3 is 2.35 bits per heavy atom. The van der Waals surface area contributed by atoms with Crippen LogP contribution >= 0.6 is 0 Å². The number of carbonyl (C=O) groups is 2. The minimum Gasteiger partial charge on any atom is -0.461 e. The third-order valence-corrected chi connectivity index (χ3v) is 4.43. The molecule has 0 saturated carbocycles. The first-order valence-corrected chi connectivity index (χ1v) is 9.36. The summed E-state index contributed by atoms with van der Waals surface area (Å²) >= 11 is 0. The maximum atomic E-state index is 14.0. The van der Waals surface area contributed by atoms with Crippen LogP contribution in [0.25, 0.3) is 0 Å². The molecule has 160 valence electrons. The van der Waals surface area contributed by atoms with Gasteiger partial charge in [0, 0.05) is 12.5 Å². The summed E-state index contributed by atoms with van der Waals surface area (Å²) in [6.45, 7) is -1.17. The lowest BCUT2D eigenvalue weighted by molar-refractivity contribution is -0.118. The average Bonchev–Trinajstić information content (AvgIpc) is 2.76. The molecule has 31 heavy (non-hydrogen) atoms. The first kappa shape index (κ1) is 21.9. The van der Waals surface area contributed by atoms with Crippen LogP contribution in [0.2, 0.25) is 0 Å². The molecule has 2 N–H and O–H groups in total. The lowest BCUT2D eigenvalue weighted by Crippen LogP contribution is -2.45. The van der Waals surface area contributed by atoms with E-state index in [1.807, 2.05) is 0 Å². The topological polar surface area (TPSA) is 67.4 Å². The highest BCUT2D eigenvalue weighted by molar-refractivity contribution is 6.02. The number of ether oxygens (including phenoxy) is 1. The van der Waals surface area contributed by atoms with Crippen LogP contribution in [-0.4, -0.2) is 24.7 Å². The Hall–Kier alpha value is -3.81. The lowest BCUT2D eigenvalue weighted by Gasteiger charge is -2.20. The van der Waals surface area contributed by atoms with Gasteiger partial charge in [-0.3, -0.25) is 9.59 Å². The molecule has 0 aliphatic carbocycles. The molecule has 0 fully saturated rings. The monoisotopic (exact) mass is 428 g/mol. The van der Waals surface area contributed by atoms with E-state index in [-0.39, 0.29) is 23.4 Å². The molecule has 3 rings (SSSR count). The molecule has 3 aromatic carbocycles. The Balaban J connectivity index is 1.85. The van der Waals surface area contributed by atoms with Gasteiger partial charge in [-0.2, -0.15) is 0 Å². The SMILES string of the molecule is O=C(NC(Cc1ccccc1)C(=O)Nc1cc(F)ccc1OCF)c1ccccc1F. The minimum absolute atomic E-state index is 0.0730. The highest BCUT2D eigenvalue weighted by Crippen LogP contribution is 2.26. The Kier molecular flexibility index (Phi) is 7.26. The number of alkyl halides is 1. The number of benzene rings is 3. The van der Waals surface area contributed by atoms with Crippen LogP contribution in [0.5, 0.6) is 5.75 Å². The lowest BCUT2D eigenvalue weighted by atomic mass is 10.0. The number of amides is 2. The summed E-state index contributed by atoms with van der Waals surface area (Å²) in [5.41, 5.74) is 0.414. The Morgan fingerprint density at radius 2 is 1.65 bits per heavy atom. The minimum atomic E-state index is -1.17. The van der Waals surface area contributed by atoms with E-state index in [1.54, 1.807) is 30.3 Å². The van der Waals surface area contributed by atoms with E-state index in [1.165, 1.54) is 24.3 Å². The molecular formula is C23H19F3N2O3. The summed E-state index contributed by atoms with van der Waals surface area (Å²) in [7, 11) is 0. The first-order chi connectivity index (χ1) is 15.0. The van der Waals surface area contributed by atoms with Gasteiger partial charge in [0.2, 0.25) is 12.8 Å². The van der Waals surface area contributed by atoms with Crippen molar-refractivity contribution in [1.82, 2.24) is 5.32 Å². The second-order valence-electron chi connectivity index (χ2n) is 6.58. The molecular weight excluding hydrogens is 409 g/mol. The van der Waals surface area contributed by atoms with Crippen molar-refractivity contribution in [3.63, 3.8) is 0 Å². The van der Waals surface area contributed by atoms with Gasteiger partial charge in [-0.05, 0) is 29.8 Å². The average molecular weight is 428 g/mol. The molecule has 1 atom stereocenters. The van der Waals surface area contributed by atoms with E-state index in [2.05, 4.69) is 10.6 Å². The van der Waals surface area contributed by atoms with Crippen molar-refractivity contribution in [2.75, 3.05) is 12.2 Å². The molecule has 5 nitrogen and oxygen atoms in total. The van der Waals surface area contributed by atoms with E-state index >= 15 is 0 Å². The van der Waals surface area contributed by atoms with E-state index < -0.39 is 36.4 Å². The van der Waals surface area contributed by atoms with Gasteiger partial charge in [0.15, 0.2) is 0 Å². The van der Waals surface area contributed by atoms with Crippen molar-refractivity contribution >= 4 is 17.5 Å². The van der Waals surface area contributed by atoms with E-state index in [9.17, 15) is 22.8 Å². The number of hydrogen-bond donors (Lipinski definition) is 2. The number of nitrogens with one attached hydrogen (secondary N) is 2. The van der Waals surface area contributed by atoms with Crippen LogP contribution in [-0.2, 0) is 11.2 Å². The fourth-order valence-corrected chi connectivity index (χ4v) is 2.94. The van der Waals surface area contributed by atoms with Gasteiger partial charge in [0.25, 0.3) is 5.91 Å². The van der Waals surface area contributed by atoms with Crippen LogP contribution < -0.4 is 15.4 Å². The van der Waals surface area contributed by atoms with Gasteiger partial charge in [-0.25, -0.2) is 13.2 Å². The second-order valence-corrected chi connectivity index (χ2v) is 6.58. The van der Waals surface area contributed by atoms with Gasteiger partial charge < -0.3 is 15.4 Å². The predicted octanol–water partition coefficient (Wildman–Crippen LogP) is 4.25. The molecule has 0 aliphatic rings. The normalized spacial score (nSPS) is 11.5. The quantitative estimate of drug-likeness (QED) is 0.564. The third kappa shape index (κ3) is 5.85. The van der Waals surface area contributed by atoms with Crippen molar-refractivity contribution in [3.05, 3.63) is 95.6 Å². The molecule has 8 heteroatoms. The van der Waals surface area contributed by atoms with Crippen molar-refractivity contribution in [2.24, 2.45) is 0 Å². The van der Waals surface area contributed by atoms with Crippen LogP contribution in [0.15, 0.2) is 72.8 Å². The molecule has 0 aliphatic heterocycles. The molecule has 0 spiro atoms. The molecule has 2 amide bonds. The van der Waals surface area contributed by atoms with Crippen LogP contribution in [0.3, 0.4) is 0 Å². The zero-order chi connectivity index (χ0) is 22.2. The van der Waals surface area contributed by atoms with Gasteiger partial charge in [-0.1, -0.05) is 42.5 Å². The summed E-state index contributed by atoms with van der Waals surface area (Å²) < 4.78 is 45.0.